The van der Waals surface area contributed by atoms with Crippen LogP contribution in [0.2, 0.25) is 0 Å². The summed E-state index contributed by atoms with van der Waals surface area (Å²) in [6.07, 6.45) is 1.96. The number of nitrogens with zero attached hydrogens (tertiary/aromatic N) is 1. The van der Waals surface area contributed by atoms with Crippen molar-refractivity contribution in [1.29, 1.82) is 5.26 Å². The van der Waals surface area contributed by atoms with Gasteiger partial charge in [-0.25, -0.2) is 4.57 Å². The Morgan fingerprint density at radius 3 is 2.40 bits per heavy atom. The molecule has 1 aromatic carbocycles. The molecule has 1 atom stereocenters. The lowest BCUT2D eigenvalue weighted by Crippen LogP contribution is -2.32. The Morgan fingerprint density at radius 2 is 1.92 bits per heavy atom. The van der Waals surface area contributed by atoms with Gasteiger partial charge in [0.05, 0.1) is 13.2 Å². The molecule has 2 rings (SSSR count). The zero-order valence-corrected chi connectivity index (χ0v) is 15.5. The number of ether oxygens (including phenoxy) is 1. The van der Waals surface area contributed by atoms with E-state index in [1.807, 2.05) is 30.3 Å². The molecule has 0 aliphatic carbocycles. The van der Waals surface area contributed by atoms with Crippen LogP contribution in [0.5, 0.6) is 0 Å². The first kappa shape index (κ1) is 21.3. The molecule has 0 saturated carbocycles. The number of nitriles is 1. The lowest BCUT2D eigenvalue weighted by atomic mass is 10.2. The van der Waals surface area contributed by atoms with Crippen molar-refractivity contribution in [3.05, 3.63) is 35.9 Å². The van der Waals surface area contributed by atoms with E-state index in [2.05, 4.69) is 14.4 Å². The molecule has 7 nitrogen and oxygen atoms in total. The van der Waals surface area contributed by atoms with Crippen molar-refractivity contribution in [3.8, 4) is 5.81 Å². The third kappa shape index (κ3) is 8.28. The van der Waals surface area contributed by atoms with E-state index in [1.165, 1.54) is 5.81 Å². The smallest absolute Gasteiger partial charge is 0.431 e. The summed E-state index contributed by atoms with van der Waals surface area (Å²) in [5.74, 6) is 1.36. The fraction of sp³-hybridized carbons (Fsp3) is 0.529. The molecule has 1 aliphatic rings. The Bertz CT molecular complexity index is 587. The Balaban J connectivity index is 0.000000275. The van der Waals surface area contributed by atoms with Crippen molar-refractivity contribution in [3.63, 3.8) is 0 Å². The predicted octanol–water partition coefficient (Wildman–Crippen LogP) is 3.22. The van der Waals surface area contributed by atoms with Crippen LogP contribution in [0, 0.1) is 11.1 Å². The lowest BCUT2D eigenvalue weighted by molar-refractivity contribution is -0.147. The number of carbonyl (C=O) groups excluding carboxylic acids is 1. The van der Waals surface area contributed by atoms with Crippen molar-refractivity contribution < 1.29 is 23.1 Å². The lowest BCUT2D eigenvalue weighted by Gasteiger charge is -2.09. The topological polar surface area (TPSA) is 97.7 Å². The number of hydrogen-bond acceptors (Lipinski definition) is 7. The molecule has 8 heteroatoms. The molecular formula is C17H25N2O5P. The van der Waals surface area contributed by atoms with E-state index in [4.69, 9.17) is 10.00 Å². The highest BCUT2D eigenvalue weighted by Crippen LogP contribution is 2.46. The van der Waals surface area contributed by atoms with E-state index in [9.17, 15) is 9.36 Å². The molecular weight excluding hydrogens is 343 g/mol. The van der Waals surface area contributed by atoms with Gasteiger partial charge in [-0.3, -0.25) is 13.8 Å². The zero-order valence-electron chi connectivity index (χ0n) is 14.6. The van der Waals surface area contributed by atoms with Crippen molar-refractivity contribution in [2.75, 3.05) is 19.8 Å². The van der Waals surface area contributed by atoms with Gasteiger partial charge in [0.25, 0.3) is 0 Å². The number of carbonyl (C=O) groups is 1. The second-order valence-corrected chi connectivity index (χ2v) is 6.89. The molecule has 1 heterocycles. The van der Waals surface area contributed by atoms with E-state index in [0.29, 0.717) is 6.61 Å². The molecule has 1 fully saturated rings. The van der Waals surface area contributed by atoms with Crippen molar-refractivity contribution in [1.82, 2.24) is 5.32 Å². The monoisotopic (exact) mass is 368 g/mol. The van der Waals surface area contributed by atoms with Gasteiger partial charge >= 0.3 is 13.6 Å². The van der Waals surface area contributed by atoms with E-state index >= 15 is 0 Å². The van der Waals surface area contributed by atoms with Crippen LogP contribution in [-0.2, 0) is 29.8 Å². The maximum atomic E-state index is 11.5. The second kappa shape index (κ2) is 11.8. The molecule has 1 N–H and O–H groups in total. The molecule has 1 aliphatic heterocycles. The first-order chi connectivity index (χ1) is 12.0. The molecule has 1 saturated heterocycles. The zero-order chi connectivity index (χ0) is 18.5. The van der Waals surface area contributed by atoms with Crippen molar-refractivity contribution >= 4 is 13.6 Å². The number of nitrogens with one attached hydrogen (secondary N) is 1. The number of benzene rings is 1. The van der Waals surface area contributed by atoms with Crippen LogP contribution in [0.3, 0.4) is 0 Å². The van der Waals surface area contributed by atoms with E-state index in [0.717, 1.165) is 24.9 Å². The van der Waals surface area contributed by atoms with Crippen LogP contribution in [-0.4, -0.2) is 31.8 Å². The van der Waals surface area contributed by atoms with Crippen LogP contribution >= 0.6 is 7.60 Å². The molecule has 0 bridgehead atoms. The maximum absolute atomic E-state index is 11.5. The minimum Gasteiger partial charge on any atom is -0.460 e. The van der Waals surface area contributed by atoms with Crippen LogP contribution in [0.4, 0.5) is 0 Å². The summed E-state index contributed by atoms with van der Waals surface area (Å²) in [6.45, 7) is 5.06. The summed E-state index contributed by atoms with van der Waals surface area (Å²) in [7, 11) is -3.39. The van der Waals surface area contributed by atoms with Gasteiger partial charge in [0, 0.05) is 0 Å². The Hall–Kier alpha value is -1.71. The highest BCUT2D eigenvalue weighted by Gasteiger charge is 2.23. The summed E-state index contributed by atoms with van der Waals surface area (Å²) in [4.78, 5) is 11.5. The SMILES string of the molecule is CCOP(=O)(C#N)OCC.O=C(OCc1ccccc1)[C@@H]1CCCN1. The third-order valence-electron chi connectivity index (χ3n) is 3.29. The molecule has 0 amide bonds. The fourth-order valence-corrected chi connectivity index (χ4v) is 3.02. The summed E-state index contributed by atoms with van der Waals surface area (Å²) < 4.78 is 25.4. The van der Waals surface area contributed by atoms with Crippen molar-refractivity contribution in [2.45, 2.75) is 39.3 Å². The van der Waals surface area contributed by atoms with Crippen LogP contribution in [0.15, 0.2) is 30.3 Å². The van der Waals surface area contributed by atoms with Gasteiger partial charge in [-0.2, -0.15) is 5.26 Å². The molecule has 0 aromatic heterocycles. The van der Waals surface area contributed by atoms with Gasteiger partial charge in [-0.05, 0) is 38.8 Å². The average Bonchev–Trinajstić information content (AvgIpc) is 3.16. The van der Waals surface area contributed by atoms with Crippen molar-refractivity contribution in [2.24, 2.45) is 0 Å². The van der Waals surface area contributed by atoms with E-state index < -0.39 is 7.60 Å². The molecule has 1 aromatic rings. The predicted molar refractivity (Wildman–Crippen MR) is 93.7 cm³/mol. The quantitative estimate of drug-likeness (QED) is 0.583. The first-order valence-electron chi connectivity index (χ1n) is 8.29. The highest BCUT2D eigenvalue weighted by molar-refractivity contribution is 7.59. The summed E-state index contributed by atoms with van der Waals surface area (Å²) in [5, 5.41) is 11.4. The largest absolute Gasteiger partial charge is 0.460 e. The second-order valence-electron chi connectivity index (χ2n) is 5.18. The molecule has 0 spiro atoms. The fourth-order valence-electron chi connectivity index (χ4n) is 2.15. The Labute approximate surface area is 148 Å². The summed E-state index contributed by atoms with van der Waals surface area (Å²) >= 11 is 0. The normalized spacial score (nSPS) is 16.4. The Kier molecular flexibility index (Phi) is 10.0. The molecule has 0 unspecified atom stereocenters. The highest BCUT2D eigenvalue weighted by atomic mass is 31.2. The number of rotatable bonds is 7. The van der Waals surface area contributed by atoms with Crippen LogP contribution in [0.25, 0.3) is 0 Å². The summed E-state index contributed by atoms with van der Waals surface area (Å²) in [5.41, 5.74) is 1.03. The Morgan fingerprint density at radius 1 is 1.28 bits per heavy atom. The summed E-state index contributed by atoms with van der Waals surface area (Å²) in [6, 6.07) is 9.65. The minimum atomic E-state index is -3.39. The molecule has 25 heavy (non-hydrogen) atoms. The minimum absolute atomic E-state index is 0.0892. The average molecular weight is 368 g/mol. The van der Waals surface area contributed by atoms with Gasteiger partial charge in [0.1, 0.15) is 12.6 Å². The number of hydrogen-bond donors (Lipinski definition) is 1. The van der Waals surface area contributed by atoms with Gasteiger partial charge in [-0.1, -0.05) is 30.3 Å². The standard InChI is InChI=1S/C12H15NO2.C5H10NO3P/c14-12(11-7-4-8-13-11)15-9-10-5-2-1-3-6-10;1-3-8-10(7,5-6)9-4-2/h1-3,5-6,11,13H,4,7-9H2;3-4H2,1-2H3/t11-;/m0./s1. The maximum Gasteiger partial charge on any atom is 0.431 e. The molecule has 0 radical (unpaired) electrons. The van der Waals surface area contributed by atoms with Gasteiger partial charge in [0.15, 0.2) is 5.81 Å². The molecule has 138 valence electrons. The van der Waals surface area contributed by atoms with Gasteiger partial charge in [-0.15, -0.1) is 0 Å². The first-order valence-corrected chi connectivity index (χ1v) is 9.83. The number of esters is 1. The van der Waals surface area contributed by atoms with Crippen LogP contribution < -0.4 is 5.32 Å². The third-order valence-corrected chi connectivity index (χ3v) is 4.73. The van der Waals surface area contributed by atoms with Crippen LogP contribution in [0.1, 0.15) is 32.3 Å². The van der Waals surface area contributed by atoms with Gasteiger partial charge in [0.2, 0.25) is 0 Å². The van der Waals surface area contributed by atoms with E-state index in [1.54, 1.807) is 13.8 Å². The van der Waals surface area contributed by atoms with Gasteiger partial charge < -0.3 is 10.1 Å². The van der Waals surface area contributed by atoms with E-state index in [-0.39, 0.29) is 25.2 Å².